The summed E-state index contributed by atoms with van der Waals surface area (Å²) in [7, 11) is 0. The Morgan fingerprint density at radius 1 is 1.21 bits per heavy atom. The van der Waals surface area contributed by atoms with Gasteiger partial charge >= 0.3 is 5.82 Å². The van der Waals surface area contributed by atoms with Crippen molar-refractivity contribution in [3.8, 4) is 17.2 Å². The number of Topliss-reactive ketones (excluding diaryl/α,β-unsaturated/α-hetero) is 1. The number of para-hydroxylation sites is 1. The average molecular weight is 449 g/mol. The molecule has 3 aromatic rings. The first-order valence-electron chi connectivity index (χ1n) is 10.5. The lowest BCUT2D eigenvalue weighted by molar-refractivity contribution is -0.392. The van der Waals surface area contributed by atoms with E-state index in [1.807, 2.05) is 25.1 Å². The fraction of sp³-hybridized carbons (Fsp3) is 0.250. The molecule has 9 nitrogen and oxygen atoms in total. The van der Waals surface area contributed by atoms with E-state index >= 15 is 0 Å². The Hall–Kier alpha value is -4.14. The van der Waals surface area contributed by atoms with Crippen molar-refractivity contribution in [1.82, 2.24) is 9.55 Å². The zero-order valence-electron chi connectivity index (χ0n) is 18.3. The molecular formula is C24H23N3O6. The van der Waals surface area contributed by atoms with E-state index in [0.717, 1.165) is 5.56 Å². The van der Waals surface area contributed by atoms with Gasteiger partial charge in [0, 0.05) is 12.5 Å². The van der Waals surface area contributed by atoms with Gasteiger partial charge in [-0.15, -0.1) is 0 Å². The highest BCUT2D eigenvalue weighted by molar-refractivity contribution is 6.14. The second kappa shape index (κ2) is 9.56. The Balaban J connectivity index is 1.50. The molecule has 1 aliphatic heterocycles. The number of ketones is 1. The van der Waals surface area contributed by atoms with Gasteiger partial charge in [0.25, 0.3) is 0 Å². The zero-order chi connectivity index (χ0) is 23.4. The highest BCUT2D eigenvalue weighted by Gasteiger charge is 2.23. The smallest absolute Gasteiger partial charge is 0.342 e. The SMILES string of the molecule is CCOc1cc(/C=C2/COc3ccccc3C2=O)ccc1OCCn1c([N+](=O)[O-])cnc1C. The van der Waals surface area contributed by atoms with Gasteiger partial charge in [0.1, 0.15) is 31.7 Å². The van der Waals surface area contributed by atoms with Crippen LogP contribution in [0.5, 0.6) is 17.2 Å². The third-order valence-electron chi connectivity index (χ3n) is 5.21. The summed E-state index contributed by atoms with van der Waals surface area (Å²) in [4.78, 5) is 27.5. The summed E-state index contributed by atoms with van der Waals surface area (Å²) in [6, 6.07) is 12.5. The van der Waals surface area contributed by atoms with Crippen LogP contribution in [-0.4, -0.2) is 40.1 Å². The van der Waals surface area contributed by atoms with Crippen LogP contribution in [0.25, 0.3) is 6.08 Å². The Morgan fingerprint density at radius 2 is 2.03 bits per heavy atom. The molecule has 0 bridgehead atoms. The lowest BCUT2D eigenvalue weighted by atomic mass is 9.98. The molecular weight excluding hydrogens is 426 g/mol. The van der Waals surface area contributed by atoms with Crippen molar-refractivity contribution in [3.05, 3.63) is 81.3 Å². The molecule has 0 N–H and O–H groups in total. The van der Waals surface area contributed by atoms with Gasteiger partial charge < -0.3 is 24.3 Å². The number of rotatable bonds is 8. The maximum atomic E-state index is 12.8. The second-order valence-electron chi connectivity index (χ2n) is 7.34. The predicted molar refractivity (Wildman–Crippen MR) is 121 cm³/mol. The van der Waals surface area contributed by atoms with E-state index in [1.165, 1.54) is 10.8 Å². The van der Waals surface area contributed by atoms with Crippen molar-refractivity contribution in [1.29, 1.82) is 0 Å². The molecule has 0 aliphatic carbocycles. The highest BCUT2D eigenvalue weighted by Crippen LogP contribution is 2.32. The molecule has 0 saturated heterocycles. The van der Waals surface area contributed by atoms with Crippen molar-refractivity contribution in [3.63, 3.8) is 0 Å². The number of hydrogen-bond donors (Lipinski definition) is 0. The number of carbonyl (C=O) groups excluding carboxylic acids is 1. The van der Waals surface area contributed by atoms with Gasteiger partial charge in [0.2, 0.25) is 0 Å². The summed E-state index contributed by atoms with van der Waals surface area (Å²) in [5, 5.41) is 11.1. The first-order chi connectivity index (χ1) is 16.0. The fourth-order valence-corrected chi connectivity index (χ4v) is 3.61. The monoisotopic (exact) mass is 449 g/mol. The second-order valence-corrected chi connectivity index (χ2v) is 7.34. The molecule has 0 atom stereocenters. The van der Waals surface area contributed by atoms with Crippen molar-refractivity contribution in [2.75, 3.05) is 19.8 Å². The average Bonchev–Trinajstić information content (AvgIpc) is 3.18. The molecule has 0 saturated carbocycles. The molecule has 9 heteroatoms. The summed E-state index contributed by atoms with van der Waals surface area (Å²) in [6.45, 7) is 4.66. The van der Waals surface area contributed by atoms with Crippen molar-refractivity contribution in [2.45, 2.75) is 20.4 Å². The number of aromatic nitrogens is 2. The van der Waals surface area contributed by atoms with Gasteiger partial charge in [0.05, 0.1) is 12.2 Å². The van der Waals surface area contributed by atoms with Crippen LogP contribution in [0.4, 0.5) is 5.82 Å². The van der Waals surface area contributed by atoms with Crippen molar-refractivity contribution in [2.24, 2.45) is 0 Å². The number of hydrogen-bond acceptors (Lipinski definition) is 7. The van der Waals surface area contributed by atoms with Crippen molar-refractivity contribution >= 4 is 17.7 Å². The maximum Gasteiger partial charge on any atom is 0.342 e. The Bertz CT molecular complexity index is 1230. The molecule has 0 unspecified atom stereocenters. The number of carbonyl (C=O) groups is 1. The van der Waals surface area contributed by atoms with E-state index in [-0.39, 0.29) is 31.4 Å². The van der Waals surface area contributed by atoms with Crippen LogP contribution in [0.3, 0.4) is 0 Å². The number of benzene rings is 2. The number of ether oxygens (including phenoxy) is 3. The molecule has 0 amide bonds. The summed E-state index contributed by atoms with van der Waals surface area (Å²) in [5.41, 5.74) is 1.87. The molecule has 2 heterocycles. The lowest BCUT2D eigenvalue weighted by Crippen LogP contribution is -2.18. The lowest BCUT2D eigenvalue weighted by Gasteiger charge is -2.18. The van der Waals surface area contributed by atoms with Gasteiger partial charge in [-0.05, 0) is 47.8 Å². The van der Waals surface area contributed by atoms with Gasteiger partial charge in [-0.25, -0.2) is 9.55 Å². The molecule has 1 aromatic heterocycles. The molecule has 170 valence electrons. The normalized spacial score (nSPS) is 14.0. The summed E-state index contributed by atoms with van der Waals surface area (Å²) < 4.78 is 18.8. The minimum Gasteiger partial charge on any atom is -0.490 e. The summed E-state index contributed by atoms with van der Waals surface area (Å²) in [5.74, 6) is 2.02. The van der Waals surface area contributed by atoms with Gasteiger partial charge in [-0.2, -0.15) is 0 Å². The van der Waals surface area contributed by atoms with Crippen LogP contribution in [0.2, 0.25) is 0 Å². The van der Waals surface area contributed by atoms with E-state index in [9.17, 15) is 14.9 Å². The minimum absolute atomic E-state index is 0.0626. The van der Waals surface area contributed by atoms with E-state index < -0.39 is 4.92 Å². The standard InChI is InChI=1S/C24H23N3O6/c1-3-31-22-13-17(12-18-15-33-20-7-5-4-6-19(20)24(18)28)8-9-21(22)32-11-10-26-16(2)25-14-23(26)27(29)30/h4-9,12-14H,3,10-11,15H2,1-2H3/b18-12-. The number of aryl methyl sites for hydroxylation is 1. The Morgan fingerprint density at radius 3 is 2.82 bits per heavy atom. The molecule has 4 rings (SSSR count). The summed E-state index contributed by atoms with van der Waals surface area (Å²) >= 11 is 0. The van der Waals surface area contributed by atoms with Crippen LogP contribution in [-0.2, 0) is 6.54 Å². The number of nitrogens with zero attached hydrogens (tertiary/aromatic N) is 3. The largest absolute Gasteiger partial charge is 0.490 e. The van der Waals surface area contributed by atoms with Crippen molar-refractivity contribution < 1.29 is 23.9 Å². The van der Waals surface area contributed by atoms with Gasteiger partial charge in [0.15, 0.2) is 23.1 Å². The molecule has 0 fully saturated rings. The van der Waals surface area contributed by atoms with Gasteiger partial charge in [-0.1, -0.05) is 18.2 Å². The van der Waals surface area contributed by atoms with Crippen LogP contribution in [0.1, 0.15) is 28.7 Å². The fourth-order valence-electron chi connectivity index (χ4n) is 3.61. The van der Waals surface area contributed by atoms with E-state index in [2.05, 4.69) is 4.98 Å². The summed E-state index contributed by atoms with van der Waals surface area (Å²) in [6.07, 6.45) is 3.01. The Labute approximate surface area is 190 Å². The molecule has 1 aliphatic rings. The third-order valence-corrected chi connectivity index (χ3v) is 5.21. The minimum atomic E-state index is -0.470. The van der Waals surface area contributed by atoms with Crippen LogP contribution >= 0.6 is 0 Å². The highest BCUT2D eigenvalue weighted by atomic mass is 16.6. The van der Waals surface area contributed by atoms with Crippen LogP contribution in [0, 0.1) is 17.0 Å². The molecule has 2 aromatic carbocycles. The first kappa shape index (κ1) is 22.1. The topological polar surface area (TPSA) is 106 Å². The third kappa shape index (κ3) is 4.72. The van der Waals surface area contributed by atoms with Gasteiger partial charge in [-0.3, -0.25) is 4.79 Å². The van der Waals surface area contributed by atoms with E-state index in [1.54, 1.807) is 37.3 Å². The molecule has 0 radical (unpaired) electrons. The maximum absolute atomic E-state index is 12.8. The first-order valence-corrected chi connectivity index (χ1v) is 10.5. The van der Waals surface area contributed by atoms with Crippen LogP contribution < -0.4 is 14.2 Å². The number of fused-ring (bicyclic) bond motifs is 1. The van der Waals surface area contributed by atoms with Crippen LogP contribution in [0.15, 0.2) is 54.2 Å². The number of imidazole rings is 1. The molecule has 0 spiro atoms. The molecule has 33 heavy (non-hydrogen) atoms. The van der Waals surface area contributed by atoms with E-state index in [0.29, 0.717) is 40.8 Å². The predicted octanol–water partition coefficient (Wildman–Crippen LogP) is 4.24. The quantitative estimate of drug-likeness (QED) is 0.288. The number of nitro groups is 1. The Kier molecular flexibility index (Phi) is 6.39. The zero-order valence-corrected chi connectivity index (χ0v) is 18.3. The van der Waals surface area contributed by atoms with E-state index in [4.69, 9.17) is 14.2 Å².